The zero-order valence-electron chi connectivity index (χ0n) is 14.7. The lowest BCUT2D eigenvalue weighted by atomic mass is 10.3. The van der Waals surface area contributed by atoms with Gasteiger partial charge >= 0.3 is 0 Å². The Morgan fingerprint density at radius 1 is 1.00 bits per heavy atom. The minimum Gasteiger partial charge on any atom is -0.345 e. The number of nitrogens with zero attached hydrogens (tertiary/aromatic N) is 1. The number of hydrogen-bond donors (Lipinski definition) is 0. The molecule has 0 aromatic heterocycles. The molecule has 0 saturated carbocycles. The molecule has 0 aliphatic rings. The maximum Gasteiger partial charge on any atom is 0.246 e. The van der Waals surface area contributed by atoms with Crippen LogP contribution in [0.1, 0.15) is 48.5 Å². The highest BCUT2D eigenvalue weighted by molar-refractivity contribution is 6.90. The molecule has 2 nitrogen and oxygen atoms in total. The van der Waals surface area contributed by atoms with E-state index in [1.807, 2.05) is 6.92 Å². The van der Waals surface area contributed by atoms with Gasteiger partial charge in [-0.3, -0.25) is 4.79 Å². The fourth-order valence-electron chi connectivity index (χ4n) is 2.99. The van der Waals surface area contributed by atoms with Crippen LogP contribution in [0.3, 0.4) is 0 Å². The Bertz CT molecular complexity index is 400. The van der Waals surface area contributed by atoms with Gasteiger partial charge in [0.25, 0.3) is 0 Å². The molecular formula is C17H31NOSi. The second-order valence-electron chi connectivity index (χ2n) is 6.71. The van der Waals surface area contributed by atoms with Gasteiger partial charge < -0.3 is 4.90 Å². The first-order valence-electron chi connectivity index (χ1n) is 7.48. The van der Waals surface area contributed by atoms with Crippen molar-refractivity contribution in [1.82, 2.24) is 4.90 Å². The van der Waals surface area contributed by atoms with Gasteiger partial charge in [0, 0.05) is 25.7 Å². The van der Waals surface area contributed by atoms with E-state index in [1.165, 1.54) is 0 Å². The van der Waals surface area contributed by atoms with Gasteiger partial charge in [0.15, 0.2) is 0 Å². The molecule has 0 aliphatic carbocycles. The standard InChI is InChI=1S/C17H31NOSi/c1-13(2)20(14(3)4,15(5)6)11-10-16(7)12-17(19)18(8)9/h12-15H,1-9H3/b16-12-. The summed E-state index contributed by atoms with van der Waals surface area (Å²) in [6.45, 7) is 15.7. The lowest BCUT2D eigenvalue weighted by Crippen LogP contribution is -2.43. The molecule has 114 valence electrons. The third-order valence-electron chi connectivity index (χ3n) is 4.12. The highest BCUT2D eigenvalue weighted by Gasteiger charge is 2.41. The largest absolute Gasteiger partial charge is 0.345 e. The lowest BCUT2D eigenvalue weighted by Gasteiger charge is -2.38. The molecule has 0 atom stereocenters. The monoisotopic (exact) mass is 293 g/mol. The normalized spacial score (nSPS) is 12.7. The fraction of sp³-hybridized carbons (Fsp3) is 0.706. The zero-order valence-corrected chi connectivity index (χ0v) is 15.7. The quantitative estimate of drug-likeness (QED) is 0.431. The van der Waals surface area contributed by atoms with Crippen LogP contribution in [0.15, 0.2) is 11.6 Å². The van der Waals surface area contributed by atoms with Crippen molar-refractivity contribution in [2.24, 2.45) is 0 Å². The Balaban J connectivity index is 5.52. The predicted octanol–water partition coefficient (Wildman–Crippen LogP) is 4.24. The molecule has 1 amide bonds. The minimum atomic E-state index is -1.70. The van der Waals surface area contributed by atoms with E-state index in [0.29, 0.717) is 16.6 Å². The van der Waals surface area contributed by atoms with Crippen LogP contribution in [0, 0.1) is 11.5 Å². The molecule has 0 fully saturated rings. The molecule has 0 rings (SSSR count). The van der Waals surface area contributed by atoms with Crippen molar-refractivity contribution < 1.29 is 4.79 Å². The topological polar surface area (TPSA) is 20.3 Å². The molecule has 0 aliphatic heterocycles. The third kappa shape index (κ3) is 4.52. The van der Waals surface area contributed by atoms with Gasteiger partial charge in [0.2, 0.25) is 5.91 Å². The van der Waals surface area contributed by atoms with Crippen molar-refractivity contribution in [3.8, 4) is 11.5 Å². The number of hydrogen-bond acceptors (Lipinski definition) is 1. The summed E-state index contributed by atoms with van der Waals surface area (Å²) >= 11 is 0. The molecule has 0 bridgehead atoms. The highest BCUT2D eigenvalue weighted by Crippen LogP contribution is 2.40. The molecule has 0 N–H and O–H groups in total. The van der Waals surface area contributed by atoms with Gasteiger partial charge in [0.1, 0.15) is 8.07 Å². The van der Waals surface area contributed by atoms with Crippen LogP contribution >= 0.6 is 0 Å². The van der Waals surface area contributed by atoms with Gasteiger partial charge in [-0.2, -0.15) is 0 Å². The Kier molecular flexibility index (Phi) is 7.30. The first-order chi connectivity index (χ1) is 9.05. The van der Waals surface area contributed by atoms with Crippen LogP contribution < -0.4 is 0 Å². The second-order valence-corrected chi connectivity index (χ2v) is 12.3. The number of allylic oxidation sites excluding steroid dienone is 1. The minimum absolute atomic E-state index is 0.00251. The van der Waals surface area contributed by atoms with Crippen LogP contribution in [0.25, 0.3) is 0 Å². The summed E-state index contributed by atoms with van der Waals surface area (Å²) in [4.78, 5) is 13.2. The van der Waals surface area contributed by atoms with E-state index in [0.717, 1.165) is 5.57 Å². The van der Waals surface area contributed by atoms with Gasteiger partial charge in [-0.1, -0.05) is 47.5 Å². The number of rotatable bonds is 4. The smallest absolute Gasteiger partial charge is 0.246 e. The van der Waals surface area contributed by atoms with Gasteiger partial charge in [-0.05, 0) is 23.5 Å². The van der Waals surface area contributed by atoms with Crippen LogP contribution in [-0.2, 0) is 4.79 Å². The van der Waals surface area contributed by atoms with Gasteiger partial charge in [-0.15, -0.1) is 5.54 Å². The summed E-state index contributed by atoms with van der Waals surface area (Å²) in [5.74, 6) is 3.28. The molecular weight excluding hydrogens is 262 g/mol. The van der Waals surface area contributed by atoms with Crippen molar-refractivity contribution in [2.75, 3.05) is 14.1 Å². The van der Waals surface area contributed by atoms with Gasteiger partial charge in [-0.25, -0.2) is 0 Å². The van der Waals surface area contributed by atoms with E-state index in [2.05, 4.69) is 53.0 Å². The van der Waals surface area contributed by atoms with Gasteiger partial charge in [0.05, 0.1) is 0 Å². The van der Waals surface area contributed by atoms with Crippen molar-refractivity contribution in [3.05, 3.63) is 11.6 Å². The van der Waals surface area contributed by atoms with Crippen LogP contribution in [0.4, 0.5) is 0 Å². The molecule has 0 saturated heterocycles. The van der Waals surface area contributed by atoms with Crippen molar-refractivity contribution in [2.45, 2.75) is 65.1 Å². The Hall–Kier alpha value is -1.01. The van der Waals surface area contributed by atoms with Crippen molar-refractivity contribution >= 4 is 14.0 Å². The molecule has 0 aromatic rings. The summed E-state index contributed by atoms with van der Waals surface area (Å²) in [7, 11) is 1.82. The number of likely N-dealkylation sites (N-methyl/N-ethyl adjacent to an activating group) is 1. The molecule has 0 radical (unpaired) electrons. The average Bonchev–Trinajstić information content (AvgIpc) is 2.27. The van der Waals surface area contributed by atoms with E-state index >= 15 is 0 Å². The Morgan fingerprint density at radius 2 is 1.40 bits per heavy atom. The average molecular weight is 294 g/mol. The van der Waals surface area contributed by atoms with Crippen LogP contribution in [0.2, 0.25) is 16.6 Å². The number of carbonyl (C=O) groups excluding carboxylic acids is 1. The molecule has 0 heterocycles. The van der Waals surface area contributed by atoms with E-state index in [4.69, 9.17) is 0 Å². The highest BCUT2D eigenvalue weighted by atomic mass is 28.3. The molecule has 0 aromatic carbocycles. The van der Waals surface area contributed by atoms with Crippen LogP contribution in [0.5, 0.6) is 0 Å². The third-order valence-corrected chi connectivity index (χ3v) is 10.4. The van der Waals surface area contributed by atoms with Crippen LogP contribution in [-0.4, -0.2) is 33.0 Å². The maximum atomic E-state index is 11.7. The first kappa shape index (κ1) is 19.0. The van der Waals surface area contributed by atoms with E-state index in [9.17, 15) is 4.79 Å². The maximum absolute atomic E-state index is 11.7. The SMILES string of the molecule is C/C(C#C[Si](C(C)C)(C(C)C)C(C)C)=C/C(=O)N(C)C. The predicted molar refractivity (Wildman–Crippen MR) is 91.3 cm³/mol. The molecule has 0 spiro atoms. The molecule has 20 heavy (non-hydrogen) atoms. The van der Waals surface area contributed by atoms with Crippen molar-refractivity contribution in [3.63, 3.8) is 0 Å². The summed E-state index contributed by atoms with van der Waals surface area (Å²) in [6.07, 6.45) is 1.63. The molecule has 0 unspecified atom stereocenters. The van der Waals surface area contributed by atoms with E-state index in [-0.39, 0.29) is 5.91 Å². The summed E-state index contributed by atoms with van der Waals surface area (Å²) < 4.78 is 0. The Labute approximate surface area is 126 Å². The van der Waals surface area contributed by atoms with E-state index < -0.39 is 8.07 Å². The summed E-state index contributed by atoms with van der Waals surface area (Å²) in [6, 6.07) is 0. The number of carbonyl (C=O) groups is 1. The van der Waals surface area contributed by atoms with E-state index in [1.54, 1.807) is 25.1 Å². The fourth-order valence-corrected chi connectivity index (χ4v) is 8.27. The van der Waals surface area contributed by atoms with Crippen molar-refractivity contribution in [1.29, 1.82) is 0 Å². The Morgan fingerprint density at radius 3 is 1.70 bits per heavy atom. The second kappa shape index (κ2) is 7.69. The summed E-state index contributed by atoms with van der Waals surface area (Å²) in [5, 5.41) is 0. The lowest BCUT2D eigenvalue weighted by molar-refractivity contribution is -0.123. The zero-order chi connectivity index (χ0) is 16.1. The number of amides is 1. The summed E-state index contributed by atoms with van der Waals surface area (Å²) in [5.41, 5.74) is 6.34. The first-order valence-corrected chi connectivity index (χ1v) is 9.71. The molecule has 3 heteroatoms.